The first-order valence-corrected chi connectivity index (χ1v) is 7.73. The number of ether oxygens (including phenoxy) is 2. The predicted octanol–water partition coefficient (Wildman–Crippen LogP) is 3.17. The van der Waals surface area contributed by atoms with E-state index in [1.54, 1.807) is 7.11 Å². The van der Waals surface area contributed by atoms with Crippen molar-refractivity contribution in [3.63, 3.8) is 0 Å². The number of unbranched alkanes of at least 4 members (excludes halogenated alkanes) is 1. The fraction of sp³-hybridized carbons (Fsp3) is 0.588. The molecular formula is C17H27NO4. The lowest BCUT2D eigenvalue weighted by molar-refractivity contribution is -0.138. The molecular weight excluding hydrogens is 282 g/mol. The molecule has 0 atom stereocenters. The molecule has 22 heavy (non-hydrogen) atoms. The van der Waals surface area contributed by atoms with E-state index in [1.165, 1.54) is 0 Å². The van der Waals surface area contributed by atoms with Crippen molar-refractivity contribution >= 4 is 5.97 Å². The van der Waals surface area contributed by atoms with Crippen molar-refractivity contribution in [3.05, 3.63) is 23.8 Å². The minimum absolute atomic E-state index is 0.0235. The molecule has 0 unspecified atom stereocenters. The molecule has 5 nitrogen and oxygen atoms in total. The molecule has 0 bridgehead atoms. The molecule has 0 saturated heterocycles. The van der Waals surface area contributed by atoms with E-state index < -0.39 is 5.97 Å². The maximum Gasteiger partial charge on any atom is 0.317 e. The third-order valence-corrected chi connectivity index (χ3v) is 3.44. The maximum atomic E-state index is 11.0. The Morgan fingerprint density at radius 3 is 2.59 bits per heavy atom. The van der Waals surface area contributed by atoms with Crippen LogP contribution >= 0.6 is 0 Å². The van der Waals surface area contributed by atoms with Crippen LogP contribution in [0.25, 0.3) is 0 Å². The molecule has 0 heterocycles. The third-order valence-electron chi connectivity index (χ3n) is 3.44. The molecule has 5 heteroatoms. The first-order chi connectivity index (χ1) is 10.5. The van der Waals surface area contributed by atoms with Gasteiger partial charge in [0.15, 0.2) is 11.5 Å². The number of carbonyl (C=O) groups is 1. The van der Waals surface area contributed by atoms with Crippen molar-refractivity contribution in [3.8, 4) is 11.5 Å². The van der Waals surface area contributed by atoms with Crippen molar-refractivity contribution in [2.24, 2.45) is 0 Å². The van der Waals surface area contributed by atoms with E-state index in [9.17, 15) is 4.79 Å². The summed E-state index contributed by atoms with van der Waals surface area (Å²) < 4.78 is 11.1. The Balaban J connectivity index is 2.85. The molecule has 0 aliphatic rings. The minimum Gasteiger partial charge on any atom is -0.493 e. The number of benzene rings is 1. The lowest BCUT2D eigenvalue weighted by atomic mass is 10.1. The average Bonchev–Trinajstić information content (AvgIpc) is 2.46. The SMILES string of the molecule is CCCCOc1cc(CN(CC(=O)O)C(C)C)ccc1OC. The van der Waals surface area contributed by atoms with Gasteiger partial charge in [0.25, 0.3) is 0 Å². The summed E-state index contributed by atoms with van der Waals surface area (Å²) in [6.07, 6.45) is 2.06. The maximum absolute atomic E-state index is 11.0. The second kappa shape index (κ2) is 9.30. The van der Waals surface area contributed by atoms with Gasteiger partial charge in [-0.15, -0.1) is 0 Å². The second-order valence-corrected chi connectivity index (χ2v) is 5.58. The van der Waals surface area contributed by atoms with Gasteiger partial charge in [0.2, 0.25) is 0 Å². The predicted molar refractivity (Wildman–Crippen MR) is 86.6 cm³/mol. The summed E-state index contributed by atoms with van der Waals surface area (Å²) >= 11 is 0. The molecule has 1 aromatic carbocycles. The van der Waals surface area contributed by atoms with Crippen LogP contribution in [0, 0.1) is 0 Å². The van der Waals surface area contributed by atoms with E-state index in [4.69, 9.17) is 14.6 Å². The van der Waals surface area contributed by atoms with Crippen LogP contribution in [0.5, 0.6) is 11.5 Å². The molecule has 0 spiro atoms. The van der Waals surface area contributed by atoms with Crippen molar-refractivity contribution in [2.45, 2.75) is 46.2 Å². The highest BCUT2D eigenvalue weighted by atomic mass is 16.5. The van der Waals surface area contributed by atoms with Crippen LogP contribution in [0.2, 0.25) is 0 Å². The van der Waals surface area contributed by atoms with Gasteiger partial charge in [-0.05, 0) is 38.0 Å². The number of nitrogens with zero attached hydrogens (tertiary/aromatic N) is 1. The van der Waals surface area contributed by atoms with Crippen molar-refractivity contribution in [1.82, 2.24) is 4.90 Å². The molecule has 1 rings (SSSR count). The molecule has 124 valence electrons. The third kappa shape index (κ3) is 5.93. The van der Waals surface area contributed by atoms with E-state index in [-0.39, 0.29) is 12.6 Å². The van der Waals surface area contributed by atoms with Gasteiger partial charge >= 0.3 is 5.97 Å². The van der Waals surface area contributed by atoms with E-state index >= 15 is 0 Å². The van der Waals surface area contributed by atoms with E-state index in [0.29, 0.717) is 24.7 Å². The van der Waals surface area contributed by atoms with Gasteiger partial charge in [0.05, 0.1) is 20.3 Å². The zero-order valence-electron chi connectivity index (χ0n) is 14.0. The second-order valence-electron chi connectivity index (χ2n) is 5.58. The van der Waals surface area contributed by atoms with E-state index in [0.717, 1.165) is 18.4 Å². The largest absolute Gasteiger partial charge is 0.493 e. The van der Waals surface area contributed by atoms with Crippen molar-refractivity contribution in [2.75, 3.05) is 20.3 Å². The number of rotatable bonds is 10. The van der Waals surface area contributed by atoms with Crippen LogP contribution < -0.4 is 9.47 Å². The highest BCUT2D eigenvalue weighted by molar-refractivity contribution is 5.69. The van der Waals surface area contributed by atoms with Gasteiger partial charge in [-0.25, -0.2) is 0 Å². The average molecular weight is 309 g/mol. The Hall–Kier alpha value is -1.75. The summed E-state index contributed by atoms with van der Waals surface area (Å²) in [5.74, 6) is 0.600. The van der Waals surface area contributed by atoms with Gasteiger partial charge in [0, 0.05) is 12.6 Å². The van der Waals surface area contributed by atoms with Gasteiger partial charge in [-0.1, -0.05) is 19.4 Å². The summed E-state index contributed by atoms with van der Waals surface area (Å²) in [6.45, 7) is 7.34. The van der Waals surface area contributed by atoms with Crippen LogP contribution in [-0.2, 0) is 11.3 Å². The molecule has 0 amide bonds. The Kier molecular flexibility index (Phi) is 7.74. The number of methoxy groups -OCH3 is 1. The summed E-state index contributed by atoms with van der Waals surface area (Å²) in [5, 5.41) is 9.00. The topological polar surface area (TPSA) is 59.0 Å². The summed E-state index contributed by atoms with van der Waals surface area (Å²) in [7, 11) is 1.62. The minimum atomic E-state index is -0.818. The highest BCUT2D eigenvalue weighted by Crippen LogP contribution is 2.29. The highest BCUT2D eigenvalue weighted by Gasteiger charge is 2.15. The number of carboxylic acid groups (broad SMARTS) is 1. The Morgan fingerprint density at radius 1 is 1.32 bits per heavy atom. The number of hydrogen-bond donors (Lipinski definition) is 1. The van der Waals surface area contributed by atoms with Gasteiger partial charge in [-0.3, -0.25) is 9.69 Å². The van der Waals surface area contributed by atoms with Crippen LogP contribution in [0.4, 0.5) is 0 Å². The molecule has 1 aromatic rings. The van der Waals surface area contributed by atoms with Crippen molar-refractivity contribution < 1.29 is 19.4 Å². The zero-order valence-corrected chi connectivity index (χ0v) is 14.0. The Labute approximate surface area is 132 Å². The number of hydrogen-bond acceptors (Lipinski definition) is 4. The molecule has 0 aliphatic heterocycles. The Morgan fingerprint density at radius 2 is 2.05 bits per heavy atom. The van der Waals surface area contributed by atoms with Gasteiger partial charge in [0.1, 0.15) is 0 Å². The smallest absolute Gasteiger partial charge is 0.317 e. The summed E-state index contributed by atoms with van der Waals surface area (Å²) in [6, 6.07) is 5.91. The zero-order chi connectivity index (χ0) is 16.5. The van der Waals surface area contributed by atoms with Crippen LogP contribution in [0.1, 0.15) is 39.2 Å². The molecule has 1 N–H and O–H groups in total. The van der Waals surface area contributed by atoms with E-state index in [2.05, 4.69) is 6.92 Å². The van der Waals surface area contributed by atoms with Gasteiger partial charge in [-0.2, -0.15) is 0 Å². The quantitative estimate of drug-likeness (QED) is 0.673. The van der Waals surface area contributed by atoms with E-state index in [1.807, 2.05) is 36.9 Å². The van der Waals surface area contributed by atoms with Crippen molar-refractivity contribution in [1.29, 1.82) is 0 Å². The van der Waals surface area contributed by atoms with Crippen LogP contribution in [-0.4, -0.2) is 42.3 Å². The summed E-state index contributed by atoms with van der Waals surface area (Å²) in [5.41, 5.74) is 1.02. The normalized spacial score (nSPS) is 11.0. The lowest BCUT2D eigenvalue weighted by Crippen LogP contribution is -2.35. The fourth-order valence-electron chi connectivity index (χ4n) is 2.09. The molecule has 0 fully saturated rings. The summed E-state index contributed by atoms with van der Waals surface area (Å²) in [4.78, 5) is 12.9. The lowest BCUT2D eigenvalue weighted by Gasteiger charge is -2.25. The van der Waals surface area contributed by atoms with Crippen LogP contribution in [0.3, 0.4) is 0 Å². The van der Waals surface area contributed by atoms with Gasteiger partial charge < -0.3 is 14.6 Å². The number of aliphatic carboxylic acids is 1. The molecule has 0 aromatic heterocycles. The monoisotopic (exact) mass is 309 g/mol. The molecule has 0 aliphatic carbocycles. The number of carboxylic acids is 1. The fourth-order valence-corrected chi connectivity index (χ4v) is 2.09. The standard InChI is InChI=1S/C17H27NO4/c1-5-6-9-22-16-10-14(7-8-15(16)21-4)11-18(13(2)3)12-17(19)20/h7-8,10,13H,5-6,9,11-12H2,1-4H3,(H,19,20). The Bertz CT molecular complexity index is 474. The molecule has 0 saturated carbocycles. The molecule has 0 radical (unpaired) electrons. The van der Waals surface area contributed by atoms with Crippen LogP contribution in [0.15, 0.2) is 18.2 Å². The first-order valence-electron chi connectivity index (χ1n) is 7.73. The first kappa shape index (κ1) is 18.3.